The Hall–Kier alpha value is -1.58. The summed E-state index contributed by atoms with van der Waals surface area (Å²) in [4.78, 5) is 14.1. The van der Waals surface area contributed by atoms with Crippen molar-refractivity contribution in [1.82, 2.24) is 4.90 Å². The summed E-state index contributed by atoms with van der Waals surface area (Å²) in [6.45, 7) is 1.44. The minimum atomic E-state index is -0.642. The number of phenolic OH excluding ortho intramolecular Hbond substituents is 1. The second kappa shape index (κ2) is 5.08. The average Bonchev–Trinajstić information content (AvgIpc) is 2.87. The van der Waals surface area contributed by atoms with Gasteiger partial charge in [0.15, 0.2) is 0 Å². The monoisotopic (exact) mass is 277 g/mol. The minimum Gasteiger partial charge on any atom is -0.508 e. The van der Waals surface area contributed by atoms with Gasteiger partial charge >= 0.3 is 0 Å². The maximum atomic E-state index is 13.7. The van der Waals surface area contributed by atoms with Gasteiger partial charge in [-0.15, -0.1) is 0 Å². The molecule has 0 bridgehead atoms. The lowest BCUT2D eigenvalue weighted by molar-refractivity contribution is 0.0583. The lowest BCUT2D eigenvalue weighted by atomic mass is 9.77. The predicted molar refractivity (Wildman–Crippen MR) is 74.1 cm³/mol. The Morgan fingerprint density at radius 1 is 1.15 bits per heavy atom. The maximum Gasteiger partial charge on any atom is 0.256 e. The molecule has 1 aromatic carbocycles. The number of halogens is 1. The first-order valence-electron chi connectivity index (χ1n) is 7.38. The number of phenols is 1. The molecule has 1 heterocycles. The molecule has 1 spiro atoms. The van der Waals surface area contributed by atoms with Gasteiger partial charge in [0.2, 0.25) is 0 Å². The van der Waals surface area contributed by atoms with Crippen LogP contribution in [-0.2, 0) is 0 Å². The topological polar surface area (TPSA) is 40.5 Å². The molecule has 1 saturated heterocycles. The second-order valence-electron chi connectivity index (χ2n) is 6.16. The van der Waals surface area contributed by atoms with Gasteiger partial charge in [0.05, 0.1) is 5.56 Å². The van der Waals surface area contributed by atoms with Crippen molar-refractivity contribution in [3.8, 4) is 5.75 Å². The van der Waals surface area contributed by atoms with E-state index < -0.39 is 5.82 Å². The number of carbonyl (C=O) groups excluding carboxylic acids is 1. The molecule has 0 aromatic heterocycles. The van der Waals surface area contributed by atoms with Gasteiger partial charge in [-0.2, -0.15) is 0 Å². The smallest absolute Gasteiger partial charge is 0.256 e. The summed E-state index contributed by atoms with van der Waals surface area (Å²) in [6, 6.07) is 3.72. The molecule has 1 N–H and O–H groups in total. The number of hydrogen-bond acceptors (Lipinski definition) is 2. The fraction of sp³-hybridized carbons (Fsp3) is 0.562. The van der Waals surface area contributed by atoms with Crippen LogP contribution in [0, 0.1) is 11.2 Å². The highest BCUT2D eigenvalue weighted by molar-refractivity contribution is 5.94. The normalized spacial score (nSPS) is 21.4. The molecule has 108 valence electrons. The molecule has 3 rings (SSSR count). The zero-order valence-electron chi connectivity index (χ0n) is 11.6. The molecule has 2 aliphatic rings. The fourth-order valence-corrected chi connectivity index (χ4v) is 3.66. The number of amides is 1. The number of aromatic hydroxyl groups is 1. The summed E-state index contributed by atoms with van der Waals surface area (Å²) >= 11 is 0. The highest BCUT2D eigenvalue weighted by atomic mass is 19.1. The Kier molecular flexibility index (Phi) is 3.40. The first-order chi connectivity index (χ1) is 9.60. The van der Waals surface area contributed by atoms with Gasteiger partial charge in [0.25, 0.3) is 5.91 Å². The van der Waals surface area contributed by atoms with Crippen LogP contribution in [0.3, 0.4) is 0 Å². The molecule has 2 fully saturated rings. The zero-order chi connectivity index (χ0) is 14.2. The molecule has 1 saturated carbocycles. The molecule has 3 nitrogen and oxygen atoms in total. The van der Waals surface area contributed by atoms with E-state index in [9.17, 15) is 14.3 Å². The van der Waals surface area contributed by atoms with E-state index in [1.807, 2.05) is 0 Å². The van der Waals surface area contributed by atoms with Crippen LogP contribution in [0.4, 0.5) is 4.39 Å². The SMILES string of the molecule is O=C(c1ccc(O)cc1F)N1CCC2(CCCC2)CC1. The van der Waals surface area contributed by atoms with E-state index in [-0.39, 0.29) is 17.2 Å². The maximum absolute atomic E-state index is 13.7. The van der Waals surface area contributed by atoms with Gasteiger partial charge < -0.3 is 10.0 Å². The summed E-state index contributed by atoms with van der Waals surface area (Å²) in [6.07, 6.45) is 7.25. The summed E-state index contributed by atoms with van der Waals surface area (Å²) in [5.41, 5.74) is 0.509. The molecule has 1 aliphatic carbocycles. The Labute approximate surface area is 118 Å². The number of carbonyl (C=O) groups is 1. The Morgan fingerprint density at radius 3 is 2.40 bits per heavy atom. The molecule has 1 aromatic rings. The highest BCUT2D eigenvalue weighted by Crippen LogP contribution is 2.46. The summed E-state index contributed by atoms with van der Waals surface area (Å²) in [7, 11) is 0. The van der Waals surface area contributed by atoms with Crippen molar-refractivity contribution in [2.75, 3.05) is 13.1 Å². The van der Waals surface area contributed by atoms with Crippen LogP contribution >= 0.6 is 0 Å². The van der Waals surface area contributed by atoms with Crippen LogP contribution in [0.5, 0.6) is 5.75 Å². The summed E-state index contributed by atoms with van der Waals surface area (Å²) in [5.74, 6) is -1.05. The molecule has 1 aliphatic heterocycles. The molecule has 4 heteroatoms. The van der Waals surface area contributed by atoms with E-state index in [4.69, 9.17) is 0 Å². The molecule has 0 atom stereocenters. The van der Waals surface area contributed by atoms with Crippen LogP contribution < -0.4 is 0 Å². The van der Waals surface area contributed by atoms with Crippen molar-refractivity contribution in [2.45, 2.75) is 38.5 Å². The second-order valence-corrected chi connectivity index (χ2v) is 6.16. The lowest BCUT2D eigenvalue weighted by Gasteiger charge is -2.39. The number of hydrogen-bond donors (Lipinski definition) is 1. The van der Waals surface area contributed by atoms with Crippen molar-refractivity contribution in [2.24, 2.45) is 5.41 Å². The first-order valence-corrected chi connectivity index (χ1v) is 7.38. The third-order valence-electron chi connectivity index (χ3n) is 4.96. The minimum absolute atomic E-state index is 0.0603. The third-order valence-corrected chi connectivity index (χ3v) is 4.96. The molecule has 0 radical (unpaired) electrons. The largest absolute Gasteiger partial charge is 0.508 e. The molecule has 1 amide bonds. The van der Waals surface area contributed by atoms with Crippen molar-refractivity contribution >= 4 is 5.91 Å². The lowest BCUT2D eigenvalue weighted by Crippen LogP contribution is -2.42. The van der Waals surface area contributed by atoms with Crippen LogP contribution in [-0.4, -0.2) is 29.0 Å². The molecule has 0 unspecified atom stereocenters. The van der Waals surface area contributed by atoms with Crippen LogP contribution in [0.1, 0.15) is 48.9 Å². The van der Waals surface area contributed by atoms with Gasteiger partial charge in [0.1, 0.15) is 11.6 Å². The van der Waals surface area contributed by atoms with Crippen LogP contribution in [0.15, 0.2) is 18.2 Å². The molecule has 20 heavy (non-hydrogen) atoms. The third kappa shape index (κ3) is 2.39. The van der Waals surface area contributed by atoms with Gasteiger partial charge in [-0.25, -0.2) is 4.39 Å². The van der Waals surface area contributed by atoms with E-state index in [0.29, 0.717) is 5.41 Å². The van der Waals surface area contributed by atoms with Crippen molar-refractivity contribution in [1.29, 1.82) is 0 Å². The Bertz CT molecular complexity index is 513. The predicted octanol–water partition coefficient (Wildman–Crippen LogP) is 3.33. The van der Waals surface area contributed by atoms with Gasteiger partial charge in [-0.3, -0.25) is 4.79 Å². The van der Waals surface area contributed by atoms with Crippen molar-refractivity contribution in [3.63, 3.8) is 0 Å². The van der Waals surface area contributed by atoms with E-state index >= 15 is 0 Å². The van der Waals surface area contributed by atoms with E-state index in [0.717, 1.165) is 32.0 Å². The first kappa shape index (κ1) is 13.4. The van der Waals surface area contributed by atoms with E-state index in [2.05, 4.69) is 0 Å². The number of nitrogens with zero attached hydrogens (tertiary/aromatic N) is 1. The van der Waals surface area contributed by atoms with Crippen LogP contribution in [0.2, 0.25) is 0 Å². The number of rotatable bonds is 1. The fourth-order valence-electron chi connectivity index (χ4n) is 3.66. The van der Waals surface area contributed by atoms with Crippen molar-refractivity contribution < 1.29 is 14.3 Å². The molecular formula is C16H20FNO2. The van der Waals surface area contributed by atoms with Gasteiger partial charge in [-0.05, 0) is 43.2 Å². The van der Waals surface area contributed by atoms with Gasteiger partial charge in [-0.1, -0.05) is 12.8 Å². The number of piperidine rings is 1. The Balaban J connectivity index is 1.69. The molecular weight excluding hydrogens is 257 g/mol. The zero-order valence-corrected chi connectivity index (χ0v) is 11.6. The van der Waals surface area contributed by atoms with E-state index in [1.165, 1.54) is 37.8 Å². The highest BCUT2D eigenvalue weighted by Gasteiger charge is 2.38. The standard InChI is InChI=1S/C16H20FNO2/c17-14-11-12(19)3-4-13(14)15(20)18-9-7-16(8-10-18)5-1-2-6-16/h3-4,11,19H,1-2,5-10H2. The van der Waals surface area contributed by atoms with Crippen LogP contribution in [0.25, 0.3) is 0 Å². The average molecular weight is 277 g/mol. The van der Waals surface area contributed by atoms with E-state index in [1.54, 1.807) is 4.90 Å². The Morgan fingerprint density at radius 2 is 1.80 bits per heavy atom. The quantitative estimate of drug-likeness (QED) is 0.855. The number of benzene rings is 1. The number of likely N-dealkylation sites (tertiary alicyclic amines) is 1. The van der Waals surface area contributed by atoms with Crippen molar-refractivity contribution in [3.05, 3.63) is 29.6 Å². The summed E-state index contributed by atoms with van der Waals surface area (Å²) < 4.78 is 13.7. The van der Waals surface area contributed by atoms with Gasteiger partial charge in [0, 0.05) is 19.2 Å². The summed E-state index contributed by atoms with van der Waals surface area (Å²) in [5, 5.41) is 9.20.